The Bertz CT molecular complexity index is 241. The minimum absolute atomic E-state index is 0.0880. The Labute approximate surface area is 78.3 Å². The smallest absolute Gasteiger partial charge is 0.118 e. The van der Waals surface area contributed by atoms with Crippen molar-refractivity contribution >= 4 is 0 Å². The van der Waals surface area contributed by atoms with Gasteiger partial charge in [-0.3, -0.25) is 0 Å². The van der Waals surface area contributed by atoms with Gasteiger partial charge in [0.15, 0.2) is 0 Å². The van der Waals surface area contributed by atoms with Gasteiger partial charge in [0.1, 0.15) is 5.60 Å². The van der Waals surface area contributed by atoms with Crippen LogP contribution in [-0.4, -0.2) is 18.8 Å². The molecule has 0 saturated heterocycles. The van der Waals surface area contributed by atoms with E-state index in [0.717, 1.165) is 5.56 Å². The zero-order chi connectivity index (χ0) is 9.90. The molecule has 0 bridgehead atoms. The molecule has 0 amide bonds. The van der Waals surface area contributed by atoms with E-state index < -0.39 is 5.60 Å². The molecule has 0 aliphatic heterocycles. The quantitative estimate of drug-likeness (QED) is 0.775. The molecule has 0 radical (unpaired) electrons. The second-order valence-electron chi connectivity index (χ2n) is 3.52. The molecule has 74 valence electrons. The number of rotatable bonds is 4. The molecule has 1 atom stereocenters. The van der Waals surface area contributed by atoms with Crippen molar-refractivity contribution in [2.24, 2.45) is 5.92 Å². The van der Waals surface area contributed by atoms with Crippen LogP contribution >= 0.6 is 0 Å². The van der Waals surface area contributed by atoms with Crippen LogP contribution in [0.4, 0.5) is 0 Å². The molecule has 0 aliphatic rings. The summed E-state index contributed by atoms with van der Waals surface area (Å²) in [7, 11) is 1.58. The van der Waals surface area contributed by atoms with Crippen LogP contribution in [0.15, 0.2) is 23.0 Å². The van der Waals surface area contributed by atoms with Gasteiger partial charge in [0, 0.05) is 12.7 Å². The monoisotopic (exact) mass is 184 g/mol. The standard InChI is InChI=1S/C10H16O3/c1-8(2)10(11,7-12-3)9-4-5-13-6-9/h4-6,8,11H,7H2,1-3H3. The third-order valence-electron chi connectivity index (χ3n) is 2.34. The van der Waals surface area contributed by atoms with Gasteiger partial charge in [-0.2, -0.15) is 0 Å². The van der Waals surface area contributed by atoms with E-state index in [1.807, 2.05) is 13.8 Å². The predicted molar refractivity (Wildman–Crippen MR) is 49.3 cm³/mol. The van der Waals surface area contributed by atoms with Crippen molar-refractivity contribution in [1.29, 1.82) is 0 Å². The van der Waals surface area contributed by atoms with Crippen molar-refractivity contribution in [2.45, 2.75) is 19.4 Å². The predicted octanol–water partition coefficient (Wildman–Crippen LogP) is 1.77. The summed E-state index contributed by atoms with van der Waals surface area (Å²) in [4.78, 5) is 0. The molecule has 3 nitrogen and oxygen atoms in total. The summed E-state index contributed by atoms with van der Waals surface area (Å²) in [6, 6.07) is 1.76. The number of hydrogen-bond donors (Lipinski definition) is 1. The summed E-state index contributed by atoms with van der Waals surface area (Å²) >= 11 is 0. The van der Waals surface area contributed by atoms with Crippen molar-refractivity contribution in [3.63, 3.8) is 0 Å². The van der Waals surface area contributed by atoms with Gasteiger partial charge in [-0.1, -0.05) is 13.8 Å². The summed E-state index contributed by atoms with van der Waals surface area (Å²) in [6.07, 6.45) is 3.11. The average Bonchev–Trinajstić information content (AvgIpc) is 2.56. The summed E-state index contributed by atoms with van der Waals surface area (Å²) in [5.74, 6) is 0.0880. The molecule has 1 heterocycles. The first-order chi connectivity index (χ1) is 6.11. The topological polar surface area (TPSA) is 42.6 Å². The molecule has 3 heteroatoms. The molecule has 0 saturated carbocycles. The Kier molecular flexibility index (Phi) is 3.12. The van der Waals surface area contributed by atoms with Crippen LogP contribution in [0, 0.1) is 5.92 Å². The SMILES string of the molecule is COCC(O)(c1ccoc1)C(C)C. The van der Waals surface area contributed by atoms with E-state index in [1.54, 1.807) is 25.7 Å². The van der Waals surface area contributed by atoms with Gasteiger partial charge in [-0.25, -0.2) is 0 Å². The Morgan fingerprint density at radius 3 is 2.69 bits per heavy atom. The van der Waals surface area contributed by atoms with Crippen LogP contribution in [0.1, 0.15) is 19.4 Å². The third kappa shape index (κ3) is 1.92. The van der Waals surface area contributed by atoms with Gasteiger partial charge in [-0.05, 0) is 12.0 Å². The van der Waals surface area contributed by atoms with Crippen molar-refractivity contribution < 1.29 is 14.3 Å². The molecule has 13 heavy (non-hydrogen) atoms. The van der Waals surface area contributed by atoms with Gasteiger partial charge >= 0.3 is 0 Å². The second-order valence-corrected chi connectivity index (χ2v) is 3.52. The highest BCUT2D eigenvalue weighted by Gasteiger charge is 2.33. The van der Waals surface area contributed by atoms with Crippen LogP contribution in [0.25, 0.3) is 0 Å². The Morgan fingerprint density at radius 2 is 2.31 bits per heavy atom. The fourth-order valence-corrected chi connectivity index (χ4v) is 1.31. The maximum atomic E-state index is 10.3. The van der Waals surface area contributed by atoms with E-state index in [1.165, 1.54) is 0 Å². The lowest BCUT2D eigenvalue weighted by atomic mass is 9.86. The van der Waals surface area contributed by atoms with Crippen LogP contribution < -0.4 is 0 Å². The zero-order valence-corrected chi connectivity index (χ0v) is 8.28. The van der Waals surface area contributed by atoms with Crippen LogP contribution in [0.3, 0.4) is 0 Å². The molecule has 0 aliphatic carbocycles. The maximum Gasteiger partial charge on any atom is 0.118 e. The molecule has 0 fully saturated rings. The molecular formula is C10H16O3. The van der Waals surface area contributed by atoms with E-state index in [2.05, 4.69) is 0 Å². The summed E-state index contributed by atoms with van der Waals surface area (Å²) in [5.41, 5.74) is -0.175. The molecule has 0 spiro atoms. The highest BCUT2D eigenvalue weighted by molar-refractivity contribution is 5.17. The lowest BCUT2D eigenvalue weighted by molar-refractivity contribution is -0.0703. The van der Waals surface area contributed by atoms with Gasteiger partial charge in [0.05, 0.1) is 19.1 Å². The highest BCUT2D eigenvalue weighted by atomic mass is 16.5. The Hall–Kier alpha value is -0.800. The summed E-state index contributed by atoms with van der Waals surface area (Å²) in [5, 5.41) is 10.3. The molecular weight excluding hydrogens is 168 g/mol. The minimum Gasteiger partial charge on any atom is -0.472 e. The van der Waals surface area contributed by atoms with E-state index in [0.29, 0.717) is 0 Å². The fraction of sp³-hybridized carbons (Fsp3) is 0.600. The zero-order valence-electron chi connectivity index (χ0n) is 8.28. The molecule has 1 rings (SSSR count). The number of methoxy groups -OCH3 is 1. The lowest BCUT2D eigenvalue weighted by Gasteiger charge is -2.30. The van der Waals surface area contributed by atoms with Crippen LogP contribution in [0.5, 0.6) is 0 Å². The van der Waals surface area contributed by atoms with E-state index >= 15 is 0 Å². The molecule has 1 unspecified atom stereocenters. The van der Waals surface area contributed by atoms with Crippen molar-refractivity contribution in [3.05, 3.63) is 24.2 Å². The number of furan rings is 1. The first-order valence-electron chi connectivity index (χ1n) is 4.35. The summed E-state index contributed by atoms with van der Waals surface area (Å²) < 4.78 is 9.94. The minimum atomic E-state index is -0.943. The van der Waals surface area contributed by atoms with E-state index in [9.17, 15) is 5.11 Å². The molecule has 0 aromatic carbocycles. The number of hydrogen-bond acceptors (Lipinski definition) is 3. The normalized spacial score (nSPS) is 16.1. The Balaban J connectivity index is 2.91. The maximum absolute atomic E-state index is 10.3. The van der Waals surface area contributed by atoms with Crippen LogP contribution in [-0.2, 0) is 10.3 Å². The number of aliphatic hydroxyl groups is 1. The van der Waals surface area contributed by atoms with Crippen molar-refractivity contribution in [3.8, 4) is 0 Å². The van der Waals surface area contributed by atoms with Crippen LogP contribution in [0.2, 0.25) is 0 Å². The largest absolute Gasteiger partial charge is 0.472 e. The van der Waals surface area contributed by atoms with E-state index in [4.69, 9.17) is 9.15 Å². The molecule has 1 aromatic rings. The number of ether oxygens (including phenoxy) is 1. The van der Waals surface area contributed by atoms with Gasteiger partial charge in [0.2, 0.25) is 0 Å². The second kappa shape index (κ2) is 3.94. The first kappa shape index (κ1) is 10.3. The van der Waals surface area contributed by atoms with Crippen molar-refractivity contribution in [1.82, 2.24) is 0 Å². The molecule has 1 N–H and O–H groups in total. The molecule has 1 aromatic heterocycles. The highest BCUT2D eigenvalue weighted by Crippen LogP contribution is 2.29. The van der Waals surface area contributed by atoms with Gasteiger partial charge < -0.3 is 14.3 Å². The fourth-order valence-electron chi connectivity index (χ4n) is 1.31. The van der Waals surface area contributed by atoms with Gasteiger partial charge in [-0.15, -0.1) is 0 Å². The third-order valence-corrected chi connectivity index (χ3v) is 2.34. The lowest BCUT2D eigenvalue weighted by Crippen LogP contribution is -2.36. The average molecular weight is 184 g/mol. The first-order valence-corrected chi connectivity index (χ1v) is 4.35. The van der Waals surface area contributed by atoms with Crippen molar-refractivity contribution in [2.75, 3.05) is 13.7 Å². The van der Waals surface area contributed by atoms with Gasteiger partial charge in [0.25, 0.3) is 0 Å². The summed E-state index contributed by atoms with van der Waals surface area (Å²) in [6.45, 7) is 4.18. The van der Waals surface area contributed by atoms with E-state index in [-0.39, 0.29) is 12.5 Å². The Morgan fingerprint density at radius 1 is 1.62 bits per heavy atom.